The van der Waals surface area contributed by atoms with Gasteiger partial charge in [-0.05, 0) is 19.1 Å². The first-order valence-electron chi connectivity index (χ1n) is 6.71. The zero-order valence-corrected chi connectivity index (χ0v) is 12.9. The van der Waals surface area contributed by atoms with Crippen LogP contribution in [0.15, 0.2) is 30.6 Å². The SMILES string of the molecule is Cc1nnc2sc(-c3cnn(-c4ccccn4)c3C(F)(F)F)nn12. The Morgan fingerprint density at radius 2 is 2.00 bits per heavy atom. The largest absolute Gasteiger partial charge is 0.434 e. The number of halogens is 3. The van der Waals surface area contributed by atoms with Gasteiger partial charge in [-0.25, -0.2) is 9.67 Å². The van der Waals surface area contributed by atoms with Gasteiger partial charge in [0.05, 0.1) is 11.8 Å². The first-order valence-corrected chi connectivity index (χ1v) is 7.52. The van der Waals surface area contributed by atoms with Crippen molar-refractivity contribution in [2.24, 2.45) is 0 Å². The summed E-state index contributed by atoms with van der Waals surface area (Å²) in [6, 6.07) is 4.66. The molecule has 0 amide bonds. The molecule has 0 unspecified atom stereocenters. The summed E-state index contributed by atoms with van der Waals surface area (Å²) in [5.41, 5.74) is -1.05. The van der Waals surface area contributed by atoms with Crippen molar-refractivity contribution < 1.29 is 13.2 Å². The maximum absolute atomic E-state index is 13.6. The van der Waals surface area contributed by atoms with Crippen LogP contribution in [0.25, 0.3) is 21.3 Å². The molecule has 0 aliphatic heterocycles. The molecule has 0 saturated heterocycles. The summed E-state index contributed by atoms with van der Waals surface area (Å²) in [4.78, 5) is 4.35. The predicted molar refractivity (Wildman–Crippen MR) is 78.8 cm³/mol. The van der Waals surface area contributed by atoms with Crippen molar-refractivity contribution in [1.82, 2.24) is 34.6 Å². The summed E-state index contributed by atoms with van der Waals surface area (Å²) in [5.74, 6) is 0.577. The molecule has 11 heteroatoms. The standard InChI is InChI=1S/C13H8F3N7S/c1-7-19-20-12-22(7)21-11(24-12)8-6-18-23(10(8)13(14,15)16)9-4-2-3-5-17-9/h2-6H,1H3. The molecule has 0 spiro atoms. The number of hydrogen-bond donors (Lipinski definition) is 0. The number of fused-ring (bicyclic) bond motifs is 1. The zero-order chi connectivity index (χ0) is 16.9. The lowest BCUT2D eigenvalue weighted by Crippen LogP contribution is -2.15. The van der Waals surface area contributed by atoms with E-state index in [1.54, 1.807) is 19.1 Å². The number of rotatable bonds is 2. The number of hydrogen-bond acceptors (Lipinski definition) is 6. The normalized spacial score (nSPS) is 12.2. The van der Waals surface area contributed by atoms with Gasteiger partial charge in [0.2, 0.25) is 4.96 Å². The van der Waals surface area contributed by atoms with Crippen LogP contribution in [0.1, 0.15) is 11.5 Å². The van der Waals surface area contributed by atoms with Crippen LogP contribution in [-0.4, -0.2) is 34.6 Å². The minimum atomic E-state index is -4.62. The lowest BCUT2D eigenvalue weighted by molar-refractivity contribution is -0.142. The Bertz CT molecular complexity index is 1020. The van der Waals surface area contributed by atoms with Crippen molar-refractivity contribution in [3.05, 3.63) is 42.1 Å². The average Bonchev–Trinajstić information content (AvgIpc) is 3.23. The third kappa shape index (κ3) is 2.24. The van der Waals surface area contributed by atoms with Crippen LogP contribution < -0.4 is 0 Å². The molecule has 4 heterocycles. The summed E-state index contributed by atoms with van der Waals surface area (Å²) in [6.07, 6.45) is -2.08. The molecule has 0 fully saturated rings. The molecule has 122 valence electrons. The van der Waals surface area contributed by atoms with Gasteiger partial charge < -0.3 is 0 Å². The van der Waals surface area contributed by atoms with E-state index in [4.69, 9.17) is 0 Å². The first kappa shape index (κ1) is 14.8. The van der Waals surface area contributed by atoms with Gasteiger partial charge in [0.15, 0.2) is 22.3 Å². The summed E-state index contributed by atoms with van der Waals surface area (Å²) >= 11 is 1.01. The highest BCUT2D eigenvalue weighted by Crippen LogP contribution is 2.39. The lowest BCUT2D eigenvalue weighted by atomic mass is 10.2. The van der Waals surface area contributed by atoms with Gasteiger partial charge in [0, 0.05) is 6.20 Å². The Hall–Kier alpha value is -2.82. The summed E-state index contributed by atoms with van der Waals surface area (Å²) in [7, 11) is 0. The van der Waals surface area contributed by atoms with E-state index in [2.05, 4.69) is 25.4 Å². The van der Waals surface area contributed by atoms with E-state index in [0.29, 0.717) is 10.8 Å². The van der Waals surface area contributed by atoms with Crippen LogP contribution in [-0.2, 0) is 6.18 Å². The van der Waals surface area contributed by atoms with Crippen LogP contribution in [0.5, 0.6) is 0 Å². The molecule has 0 aliphatic carbocycles. The molecule has 4 aromatic heterocycles. The second kappa shape index (κ2) is 5.09. The Balaban J connectivity index is 1.94. The lowest BCUT2D eigenvalue weighted by Gasteiger charge is -2.11. The molecule has 24 heavy (non-hydrogen) atoms. The smallest absolute Gasteiger partial charge is 0.237 e. The molecule has 0 aliphatic rings. The van der Waals surface area contributed by atoms with E-state index < -0.39 is 11.9 Å². The molecule has 4 rings (SSSR count). The highest BCUT2D eigenvalue weighted by atomic mass is 32.1. The second-order valence-electron chi connectivity index (χ2n) is 4.85. The average molecular weight is 351 g/mol. The Labute approximate surface area is 136 Å². The fraction of sp³-hybridized carbons (Fsp3) is 0.154. The van der Waals surface area contributed by atoms with E-state index in [9.17, 15) is 13.2 Å². The molecule has 0 saturated carbocycles. The maximum Gasteiger partial charge on any atom is 0.434 e. The van der Waals surface area contributed by atoms with E-state index in [1.807, 2.05) is 0 Å². The topological polar surface area (TPSA) is 73.8 Å². The third-order valence-corrected chi connectivity index (χ3v) is 4.21. The van der Waals surface area contributed by atoms with Crippen LogP contribution in [0.2, 0.25) is 0 Å². The monoisotopic (exact) mass is 351 g/mol. The number of aryl methyl sites for hydroxylation is 1. The number of alkyl halides is 3. The number of pyridine rings is 1. The van der Waals surface area contributed by atoms with Crippen LogP contribution in [0, 0.1) is 6.92 Å². The number of aromatic nitrogens is 7. The predicted octanol–water partition coefficient (Wildman–Crippen LogP) is 2.76. The molecular weight excluding hydrogens is 343 g/mol. The van der Waals surface area contributed by atoms with Gasteiger partial charge in [-0.3, -0.25) is 0 Å². The van der Waals surface area contributed by atoms with Crippen LogP contribution >= 0.6 is 11.3 Å². The third-order valence-electron chi connectivity index (χ3n) is 3.28. The molecule has 4 aromatic rings. The number of nitrogens with zero attached hydrogens (tertiary/aromatic N) is 7. The van der Waals surface area contributed by atoms with E-state index in [0.717, 1.165) is 22.2 Å². The summed E-state index contributed by atoms with van der Waals surface area (Å²) in [6.45, 7) is 1.67. The van der Waals surface area contributed by atoms with Gasteiger partial charge in [0.1, 0.15) is 0 Å². The van der Waals surface area contributed by atoms with Gasteiger partial charge in [-0.1, -0.05) is 17.4 Å². The first-order chi connectivity index (χ1) is 11.4. The van der Waals surface area contributed by atoms with Crippen molar-refractivity contribution >= 4 is 16.3 Å². The molecular formula is C13H8F3N7S. The van der Waals surface area contributed by atoms with Gasteiger partial charge >= 0.3 is 6.18 Å². The van der Waals surface area contributed by atoms with E-state index >= 15 is 0 Å². The highest BCUT2D eigenvalue weighted by Gasteiger charge is 2.40. The molecule has 0 N–H and O–H groups in total. The van der Waals surface area contributed by atoms with Crippen molar-refractivity contribution in [1.29, 1.82) is 0 Å². The molecule has 0 aromatic carbocycles. The van der Waals surface area contributed by atoms with Crippen molar-refractivity contribution in [3.8, 4) is 16.4 Å². The Morgan fingerprint density at radius 3 is 2.67 bits per heavy atom. The maximum atomic E-state index is 13.6. The Morgan fingerprint density at radius 1 is 1.17 bits per heavy atom. The minimum absolute atomic E-state index is 0.0789. The summed E-state index contributed by atoms with van der Waals surface area (Å²) in [5, 5.41) is 15.9. The van der Waals surface area contributed by atoms with Crippen LogP contribution in [0.4, 0.5) is 13.2 Å². The fourth-order valence-electron chi connectivity index (χ4n) is 2.25. The van der Waals surface area contributed by atoms with E-state index in [-0.39, 0.29) is 16.4 Å². The summed E-state index contributed by atoms with van der Waals surface area (Å²) < 4.78 is 43.1. The minimum Gasteiger partial charge on any atom is -0.237 e. The van der Waals surface area contributed by atoms with Gasteiger partial charge in [0.25, 0.3) is 0 Å². The quantitative estimate of drug-likeness (QED) is 0.555. The van der Waals surface area contributed by atoms with Crippen molar-refractivity contribution in [2.45, 2.75) is 13.1 Å². The highest BCUT2D eigenvalue weighted by molar-refractivity contribution is 7.19. The molecule has 0 bridgehead atoms. The molecule has 0 radical (unpaired) electrons. The zero-order valence-electron chi connectivity index (χ0n) is 12.1. The van der Waals surface area contributed by atoms with E-state index in [1.165, 1.54) is 16.8 Å². The second-order valence-corrected chi connectivity index (χ2v) is 5.81. The molecule has 0 atom stereocenters. The van der Waals surface area contributed by atoms with Crippen molar-refractivity contribution in [2.75, 3.05) is 0 Å². The Kier molecular flexibility index (Phi) is 3.13. The van der Waals surface area contributed by atoms with Gasteiger partial charge in [-0.2, -0.15) is 27.9 Å². The van der Waals surface area contributed by atoms with Crippen molar-refractivity contribution in [3.63, 3.8) is 0 Å². The van der Waals surface area contributed by atoms with Gasteiger partial charge in [-0.15, -0.1) is 10.2 Å². The van der Waals surface area contributed by atoms with Crippen LogP contribution in [0.3, 0.4) is 0 Å². The fourth-order valence-corrected chi connectivity index (χ4v) is 3.15. The molecule has 7 nitrogen and oxygen atoms in total.